The van der Waals surface area contributed by atoms with Gasteiger partial charge in [0.15, 0.2) is 0 Å². The predicted molar refractivity (Wildman–Crippen MR) is 42.4 cm³/mol. The summed E-state index contributed by atoms with van der Waals surface area (Å²) in [7, 11) is 2.53. The molecule has 0 aromatic carbocycles. The van der Waals surface area contributed by atoms with Crippen molar-refractivity contribution in [3.63, 3.8) is 0 Å². The highest BCUT2D eigenvalue weighted by atomic mass is 31.0. The summed E-state index contributed by atoms with van der Waals surface area (Å²) in [5.41, 5.74) is 0.563. The molecule has 52 valence electrons. The van der Waals surface area contributed by atoms with Gasteiger partial charge in [0, 0.05) is 12.1 Å². The highest BCUT2D eigenvalue weighted by molar-refractivity contribution is 7.16. The Balaban J connectivity index is 3.39. The lowest BCUT2D eigenvalue weighted by atomic mass is 10.3. The number of nitrogens with one attached hydrogen (secondary N) is 1. The second kappa shape index (κ2) is 4.51. The van der Waals surface area contributed by atoms with Crippen LogP contribution < -0.4 is 5.32 Å². The number of hydrogen-bond donors (Lipinski definition) is 1. The number of carbonyl (C=O) groups excluding carboxylic acids is 1. The van der Waals surface area contributed by atoms with Crippen LogP contribution in [0.15, 0.2) is 12.2 Å². The van der Waals surface area contributed by atoms with Gasteiger partial charge >= 0.3 is 0 Å². The van der Waals surface area contributed by atoms with Crippen molar-refractivity contribution in [2.45, 2.75) is 6.92 Å². The predicted octanol–water partition coefficient (Wildman–Crippen LogP) is 0.554. The highest BCUT2D eigenvalue weighted by Crippen LogP contribution is 1.85. The Bertz CT molecular complexity index is 122. The molecule has 0 aliphatic heterocycles. The maximum atomic E-state index is 10.7. The molecule has 0 aliphatic carbocycles. The molecule has 1 amide bonds. The summed E-state index contributed by atoms with van der Waals surface area (Å²) < 4.78 is 0. The summed E-state index contributed by atoms with van der Waals surface area (Å²) in [4.78, 5) is 10.7. The van der Waals surface area contributed by atoms with Crippen molar-refractivity contribution >= 4 is 15.1 Å². The molecule has 0 fully saturated rings. The van der Waals surface area contributed by atoms with E-state index in [9.17, 15) is 4.79 Å². The van der Waals surface area contributed by atoms with E-state index < -0.39 is 0 Å². The van der Waals surface area contributed by atoms with E-state index in [0.29, 0.717) is 12.1 Å². The average Bonchev–Trinajstić information content (AvgIpc) is 1.82. The van der Waals surface area contributed by atoms with Gasteiger partial charge in [-0.3, -0.25) is 4.79 Å². The molecule has 0 radical (unpaired) electrons. The monoisotopic (exact) mass is 145 g/mol. The van der Waals surface area contributed by atoms with Gasteiger partial charge in [-0.2, -0.15) is 0 Å². The molecule has 0 aliphatic rings. The van der Waals surface area contributed by atoms with Crippen LogP contribution in [0, 0.1) is 0 Å². The number of amides is 1. The largest absolute Gasteiger partial charge is 0.352 e. The lowest BCUT2D eigenvalue weighted by Gasteiger charge is -1.99. The Morgan fingerprint density at radius 3 is 2.67 bits per heavy atom. The Kier molecular flexibility index (Phi) is 4.33. The molecule has 0 rings (SSSR count). The van der Waals surface area contributed by atoms with Crippen LogP contribution in [-0.4, -0.2) is 18.6 Å². The molecule has 0 aromatic rings. The van der Waals surface area contributed by atoms with E-state index in [1.807, 2.05) is 0 Å². The molecule has 1 atom stereocenters. The molecule has 2 nitrogen and oxygen atoms in total. The molecule has 1 N–H and O–H groups in total. The van der Waals surface area contributed by atoms with Crippen LogP contribution >= 0.6 is 9.24 Å². The summed E-state index contributed by atoms with van der Waals surface area (Å²) in [6, 6.07) is 0. The van der Waals surface area contributed by atoms with E-state index in [-0.39, 0.29) is 5.91 Å². The van der Waals surface area contributed by atoms with Gasteiger partial charge in [-0.05, 0) is 13.1 Å². The van der Waals surface area contributed by atoms with Crippen molar-refractivity contribution in [1.82, 2.24) is 5.32 Å². The average molecular weight is 145 g/mol. The first-order chi connectivity index (χ1) is 4.18. The lowest BCUT2D eigenvalue weighted by Crippen LogP contribution is -2.25. The van der Waals surface area contributed by atoms with Crippen molar-refractivity contribution in [3.05, 3.63) is 12.2 Å². The van der Waals surface area contributed by atoms with E-state index in [1.54, 1.807) is 6.92 Å². The number of carbonyl (C=O) groups is 1. The molecule has 0 saturated heterocycles. The Morgan fingerprint density at radius 2 is 2.33 bits per heavy atom. The smallest absolute Gasteiger partial charge is 0.246 e. The zero-order valence-electron chi connectivity index (χ0n) is 5.61. The fraction of sp³-hybridized carbons (Fsp3) is 0.500. The summed E-state index contributed by atoms with van der Waals surface area (Å²) in [5, 5.41) is 2.67. The fourth-order valence-electron chi connectivity index (χ4n) is 0.337. The standard InChI is InChI=1S/C6H12NOP/c1-5(2)6(8)7-3-4-9/h1,3-4,9H2,2H3,(H,7,8). The Morgan fingerprint density at radius 1 is 1.78 bits per heavy atom. The second-order valence-electron chi connectivity index (χ2n) is 1.82. The minimum absolute atomic E-state index is 0.0579. The van der Waals surface area contributed by atoms with Crippen LogP contribution in [0.3, 0.4) is 0 Å². The van der Waals surface area contributed by atoms with Gasteiger partial charge in [-0.1, -0.05) is 6.58 Å². The number of hydrogen-bond acceptors (Lipinski definition) is 1. The van der Waals surface area contributed by atoms with Crippen molar-refractivity contribution in [3.8, 4) is 0 Å². The maximum absolute atomic E-state index is 10.7. The third kappa shape index (κ3) is 4.16. The SMILES string of the molecule is C=C(C)C(=O)NCCP. The van der Waals surface area contributed by atoms with Crippen molar-refractivity contribution < 1.29 is 4.79 Å². The molecule has 1 unspecified atom stereocenters. The van der Waals surface area contributed by atoms with Gasteiger partial charge < -0.3 is 5.32 Å². The van der Waals surface area contributed by atoms with E-state index in [1.165, 1.54) is 0 Å². The van der Waals surface area contributed by atoms with Gasteiger partial charge in [0.2, 0.25) is 5.91 Å². The van der Waals surface area contributed by atoms with Gasteiger partial charge in [0.25, 0.3) is 0 Å². The Hall–Kier alpha value is -0.360. The molecule has 0 saturated carbocycles. The summed E-state index contributed by atoms with van der Waals surface area (Å²) in [6.07, 6.45) is 0.888. The van der Waals surface area contributed by atoms with Crippen molar-refractivity contribution in [1.29, 1.82) is 0 Å². The minimum atomic E-state index is -0.0579. The molecule has 3 heteroatoms. The third-order valence-electron chi connectivity index (χ3n) is 0.818. The van der Waals surface area contributed by atoms with E-state index in [0.717, 1.165) is 6.16 Å². The summed E-state index contributed by atoms with van der Waals surface area (Å²) in [6.45, 7) is 5.89. The first-order valence-corrected chi connectivity index (χ1v) is 3.64. The quantitative estimate of drug-likeness (QED) is 0.456. The molecular formula is C6H12NOP. The second-order valence-corrected chi connectivity index (χ2v) is 2.40. The molecule has 0 spiro atoms. The van der Waals surface area contributed by atoms with Crippen LogP contribution in [0.2, 0.25) is 0 Å². The van der Waals surface area contributed by atoms with Crippen LogP contribution in [0.4, 0.5) is 0 Å². The molecule has 0 aromatic heterocycles. The number of rotatable bonds is 3. The Labute approximate surface area is 57.9 Å². The fourth-order valence-corrected chi connectivity index (χ4v) is 0.481. The summed E-state index contributed by atoms with van der Waals surface area (Å²) in [5.74, 6) is -0.0579. The van der Waals surface area contributed by atoms with Crippen LogP contribution in [-0.2, 0) is 4.79 Å². The molecule has 9 heavy (non-hydrogen) atoms. The summed E-state index contributed by atoms with van der Waals surface area (Å²) >= 11 is 0. The molecule has 0 bridgehead atoms. The van der Waals surface area contributed by atoms with Crippen LogP contribution in [0.5, 0.6) is 0 Å². The zero-order valence-corrected chi connectivity index (χ0v) is 6.76. The van der Waals surface area contributed by atoms with E-state index in [4.69, 9.17) is 0 Å². The maximum Gasteiger partial charge on any atom is 0.246 e. The lowest BCUT2D eigenvalue weighted by molar-refractivity contribution is -0.117. The van der Waals surface area contributed by atoms with Crippen molar-refractivity contribution in [2.24, 2.45) is 0 Å². The van der Waals surface area contributed by atoms with Gasteiger partial charge in [0.05, 0.1) is 0 Å². The normalized spacial score (nSPS) is 8.67. The van der Waals surface area contributed by atoms with E-state index >= 15 is 0 Å². The van der Waals surface area contributed by atoms with Gasteiger partial charge in [0.1, 0.15) is 0 Å². The van der Waals surface area contributed by atoms with Gasteiger partial charge in [-0.25, -0.2) is 0 Å². The molecule has 0 heterocycles. The zero-order chi connectivity index (χ0) is 7.28. The van der Waals surface area contributed by atoms with Crippen LogP contribution in [0.25, 0.3) is 0 Å². The third-order valence-corrected chi connectivity index (χ3v) is 1.11. The van der Waals surface area contributed by atoms with Crippen LogP contribution in [0.1, 0.15) is 6.92 Å². The molecular weight excluding hydrogens is 133 g/mol. The first-order valence-electron chi connectivity index (χ1n) is 2.82. The minimum Gasteiger partial charge on any atom is -0.352 e. The van der Waals surface area contributed by atoms with Gasteiger partial charge in [-0.15, -0.1) is 9.24 Å². The highest BCUT2D eigenvalue weighted by Gasteiger charge is 1.96. The topological polar surface area (TPSA) is 29.1 Å². The van der Waals surface area contributed by atoms with E-state index in [2.05, 4.69) is 21.1 Å². The first kappa shape index (κ1) is 8.64. The van der Waals surface area contributed by atoms with Crippen molar-refractivity contribution in [2.75, 3.05) is 12.7 Å².